The molecule has 1 amide bonds. The van der Waals surface area contributed by atoms with E-state index >= 15 is 0 Å². The van der Waals surface area contributed by atoms with Crippen molar-refractivity contribution >= 4 is 23.0 Å². The number of aromatic nitrogens is 1. The molecule has 4 rings (SSSR count). The molecule has 0 radical (unpaired) electrons. The van der Waals surface area contributed by atoms with E-state index < -0.39 is 12.1 Å². The van der Waals surface area contributed by atoms with Gasteiger partial charge in [-0.05, 0) is 23.6 Å². The Hall–Kier alpha value is -3.28. The topological polar surface area (TPSA) is 71.6 Å². The molecule has 1 aliphatic rings. The summed E-state index contributed by atoms with van der Waals surface area (Å²) in [6, 6.07) is 17.1. The largest absolute Gasteiger partial charge is 0.469 e. The molecule has 2 heterocycles. The van der Waals surface area contributed by atoms with Gasteiger partial charge in [0.15, 0.2) is 0 Å². The van der Waals surface area contributed by atoms with E-state index in [1.165, 1.54) is 7.11 Å². The summed E-state index contributed by atoms with van der Waals surface area (Å²) < 4.78 is 10.4. The van der Waals surface area contributed by atoms with Gasteiger partial charge in [-0.2, -0.15) is 0 Å². The van der Waals surface area contributed by atoms with Crippen LogP contribution < -0.4 is 0 Å². The van der Waals surface area contributed by atoms with Crippen LogP contribution in [-0.2, 0) is 27.3 Å². The number of H-pyrrole nitrogens is 1. The molecular formula is C22H22N2O4. The molecule has 3 aromatic rings. The monoisotopic (exact) mass is 378 g/mol. The molecule has 6 heteroatoms. The minimum Gasteiger partial charge on any atom is -0.469 e. The third-order valence-corrected chi connectivity index (χ3v) is 5.19. The lowest BCUT2D eigenvalue weighted by atomic mass is 9.95. The zero-order valence-corrected chi connectivity index (χ0v) is 15.7. The number of hydrogen-bond donors (Lipinski definition) is 1. The van der Waals surface area contributed by atoms with E-state index in [9.17, 15) is 9.59 Å². The van der Waals surface area contributed by atoms with Crippen LogP contribution in [-0.4, -0.2) is 35.6 Å². The van der Waals surface area contributed by atoms with Crippen molar-refractivity contribution in [2.24, 2.45) is 0 Å². The maximum Gasteiger partial charge on any atom is 0.410 e. The number of hydrogen-bond acceptors (Lipinski definition) is 4. The van der Waals surface area contributed by atoms with Crippen LogP contribution in [0.5, 0.6) is 0 Å². The zero-order valence-electron chi connectivity index (χ0n) is 15.7. The van der Waals surface area contributed by atoms with Gasteiger partial charge in [-0.1, -0.05) is 48.5 Å². The third kappa shape index (κ3) is 3.45. The fraction of sp³-hybridized carbons (Fsp3) is 0.273. The van der Waals surface area contributed by atoms with E-state index in [-0.39, 0.29) is 19.0 Å². The number of carbonyl (C=O) groups excluding carboxylic acids is 2. The van der Waals surface area contributed by atoms with Crippen LogP contribution in [0.15, 0.2) is 54.6 Å². The van der Waals surface area contributed by atoms with E-state index in [0.717, 1.165) is 27.7 Å². The summed E-state index contributed by atoms with van der Waals surface area (Å²) >= 11 is 0. The van der Waals surface area contributed by atoms with Gasteiger partial charge in [0.2, 0.25) is 0 Å². The Morgan fingerprint density at radius 1 is 1.11 bits per heavy atom. The molecule has 0 bridgehead atoms. The van der Waals surface area contributed by atoms with E-state index in [0.29, 0.717) is 13.0 Å². The molecule has 0 spiro atoms. The highest BCUT2D eigenvalue weighted by Crippen LogP contribution is 2.36. The van der Waals surface area contributed by atoms with Crippen molar-refractivity contribution in [3.05, 3.63) is 71.4 Å². The normalized spacial score (nSPS) is 15.9. The summed E-state index contributed by atoms with van der Waals surface area (Å²) in [5.74, 6) is -0.364. The van der Waals surface area contributed by atoms with E-state index in [1.807, 2.05) is 48.5 Å². The lowest BCUT2D eigenvalue weighted by Crippen LogP contribution is -2.41. The average Bonchev–Trinajstić information content (AvgIpc) is 3.12. The Morgan fingerprint density at radius 2 is 1.86 bits per heavy atom. The SMILES string of the molecule is COC(=O)C[C@@H]1c2[nH]c3ccccc3c2CCN1C(=O)OCc1ccccc1. The molecule has 1 aromatic heterocycles. The minimum absolute atomic E-state index is 0.0801. The fourth-order valence-electron chi connectivity index (χ4n) is 3.79. The van der Waals surface area contributed by atoms with E-state index in [2.05, 4.69) is 11.1 Å². The van der Waals surface area contributed by atoms with Gasteiger partial charge in [0.25, 0.3) is 0 Å². The van der Waals surface area contributed by atoms with Gasteiger partial charge >= 0.3 is 12.1 Å². The van der Waals surface area contributed by atoms with Crippen LogP contribution in [0.1, 0.15) is 29.3 Å². The minimum atomic E-state index is -0.438. The molecule has 0 saturated carbocycles. The number of rotatable bonds is 4. The van der Waals surface area contributed by atoms with Crippen molar-refractivity contribution in [2.45, 2.75) is 25.5 Å². The molecular weight excluding hydrogens is 356 g/mol. The number of para-hydroxylation sites is 1. The molecule has 0 aliphatic carbocycles. The molecule has 1 N–H and O–H groups in total. The van der Waals surface area contributed by atoms with E-state index in [1.54, 1.807) is 4.90 Å². The number of methoxy groups -OCH3 is 1. The highest BCUT2D eigenvalue weighted by atomic mass is 16.6. The van der Waals surface area contributed by atoms with Gasteiger partial charge in [0.05, 0.1) is 19.6 Å². The Balaban J connectivity index is 1.60. The van der Waals surface area contributed by atoms with Gasteiger partial charge in [-0.15, -0.1) is 0 Å². The second-order valence-electron chi connectivity index (χ2n) is 6.84. The number of esters is 1. The second kappa shape index (κ2) is 7.76. The summed E-state index contributed by atoms with van der Waals surface area (Å²) in [6.07, 6.45) is 0.357. The van der Waals surface area contributed by atoms with Crippen molar-refractivity contribution in [1.29, 1.82) is 0 Å². The van der Waals surface area contributed by atoms with Gasteiger partial charge in [-0.3, -0.25) is 9.69 Å². The van der Waals surface area contributed by atoms with Crippen molar-refractivity contribution in [2.75, 3.05) is 13.7 Å². The molecule has 144 valence electrons. The lowest BCUT2D eigenvalue weighted by molar-refractivity contribution is -0.142. The molecule has 0 saturated heterocycles. The fourth-order valence-corrected chi connectivity index (χ4v) is 3.79. The zero-order chi connectivity index (χ0) is 19.5. The standard InChI is InChI=1S/C22H22N2O4/c1-27-20(25)13-19-21-17(16-9-5-6-10-18(16)23-21)11-12-24(19)22(26)28-14-15-7-3-2-4-8-15/h2-10,19,23H,11-14H2,1H3/t19-/m1/s1. The summed E-state index contributed by atoms with van der Waals surface area (Å²) in [7, 11) is 1.36. The van der Waals surface area contributed by atoms with Gasteiger partial charge in [0, 0.05) is 23.1 Å². The van der Waals surface area contributed by atoms with Crippen LogP contribution in [0, 0.1) is 0 Å². The van der Waals surface area contributed by atoms with Crippen LogP contribution in [0.4, 0.5) is 4.79 Å². The maximum absolute atomic E-state index is 12.8. The summed E-state index contributed by atoms with van der Waals surface area (Å²) in [4.78, 5) is 29.9. The van der Waals surface area contributed by atoms with Crippen LogP contribution in [0.25, 0.3) is 10.9 Å². The smallest absolute Gasteiger partial charge is 0.410 e. The number of nitrogens with one attached hydrogen (secondary N) is 1. The Labute approximate surface area is 163 Å². The number of nitrogens with zero attached hydrogens (tertiary/aromatic N) is 1. The van der Waals surface area contributed by atoms with Crippen molar-refractivity contribution < 1.29 is 19.1 Å². The molecule has 1 aliphatic heterocycles. The first-order valence-corrected chi connectivity index (χ1v) is 9.31. The number of amides is 1. The van der Waals surface area contributed by atoms with Crippen LogP contribution >= 0.6 is 0 Å². The number of carbonyl (C=O) groups is 2. The first-order valence-electron chi connectivity index (χ1n) is 9.31. The summed E-state index contributed by atoms with van der Waals surface area (Å²) in [5, 5.41) is 1.13. The maximum atomic E-state index is 12.8. The highest BCUT2D eigenvalue weighted by Gasteiger charge is 2.35. The average molecular weight is 378 g/mol. The Kier molecular flexibility index (Phi) is 5.02. The first-order chi connectivity index (χ1) is 13.7. The summed E-state index contributed by atoms with van der Waals surface area (Å²) in [5.41, 5.74) is 3.96. The van der Waals surface area contributed by atoms with Crippen LogP contribution in [0.3, 0.4) is 0 Å². The van der Waals surface area contributed by atoms with Crippen LogP contribution in [0.2, 0.25) is 0 Å². The summed E-state index contributed by atoms with van der Waals surface area (Å²) in [6.45, 7) is 0.685. The lowest BCUT2D eigenvalue weighted by Gasteiger charge is -2.34. The quantitative estimate of drug-likeness (QED) is 0.698. The highest BCUT2D eigenvalue weighted by molar-refractivity contribution is 5.86. The molecule has 2 aromatic carbocycles. The Morgan fingerprint density at radius 3 is 2.64 bits per heavy atom. The number of ether oxygens (including phenoxy) is 2. The number of benzene rings is 2. The third-order valence-electron chi connectivity index (χ3n) is 5.19. The van der Waals surface area contributed by atoms with Gasteiger partial charge in [0.1, 0.15) is 6.61 Å². The molecule has 0 fully saturated rings. The number of aromatic amines is 1. The molecule has 0 unspecified atom stereocenters. The van der Waals surface area contributed by atoms with Gasteiger partial charge in [-0.25, -0.2) is 4.79 Å². The predicted molar refractivity (Wildman–Crippen MR) is 105 cm³/mol. The molecule has 6 nitrogen and oxygen atoms in total. The predicted octanol–water partition coefficient (Wildman–Crippen LogP) is 3.97. The Bertz CT molecular complexity index is 996. The first kappa shape index (κ1) is 18.1. The van der Waals surface area contributed by atoms with Gasteiger partial charge < -0.3 is 14.5 Å². The van der Waals surface area contributed by atoms with E-state index in [4.69, 9.17) is 9.47 Å². The second-order valence-corrected chi connectivity index (χ2v) is 6.84. The van der Waals surface area contributed by atoms with Crippen molar-refractivity contribution in [3.63, 3.8) is 0 Å². The van der Waals surface area contributed by atoms with Crippen molar-refractivity contribution in [3.8, 4) is 0 Å². The molecule has 28 heavy (non-hydrogen) atoms. The van der Waals surface area contributed by atoms with Crippen molar-refractivity contribution in [1.82, 2.24) is 9.88 Å². The number of fused-ring (bicyclic) bond motifs is 3. The molecule has 1 atom stereocenters.